The molecule has 1 aliphatic heterocycles. The first-order chi connectivity index (χ1) is 13.5. The highest BCUT2D eigenvalue weighted by Crippen LogP contribution is 2.56. The Hall–Kier alpha value is -2.66. The molecule has 5 rings (SSSR count). The number of halogens is 1. The van der Waals surface area contributed by atoms with Crippen molar-refractivity contribution < 1.29 is 14.4 Å². The van der Waals surface area contributed by atoms with Gasteiger partial charge < -0.3 is 5.32 Å². The molecule has 2 bridgehead atoms. The number of benzene rings is 2. The van der Waals surface area contributed by atoms with E-state index >= 15 is 0 Å². The van der Waals surface area contributed by atoms with Gasteiger partial charge in [0.25, 0.3) is 5.91 Å². The molecular formula is C22H19ClN2O3. The maximum atomic E-state index is 13.0. The minimum absolute atomic E-state index is 0.0996. The van der Waals surface area contributed by atoms with Gasteiger partial charge in [-0.3, -0.25) is 19.3 Å². The summed E-state index contributed by atoms with van der Waals surface area (Å²) in [5.41, 5.74) is 1.50. The Labute approximate surface area is 167 Å². The predicted molar refractivity (Wildman–Crippen MR) is 106 cm³/mol. The molecule has 0 spiro atoms. The summed E-state index contributed by atoms with van der Waals surface area (Å²) in [5.74, 6) is -0.158. The molecule has 3 aliphatic rings. The number of nitrogens with one attached hydrogen (secondary N) is 1. The normalized spacial score (nSPS) is 28.0. The monoisotopic (exact) mass is 394 g/mol. The van der Waals surface area contributed by atoms with Crippen LogP contribution in [-0.2, 0) is 9.59 Å². The smallest absolute Gasteiger partial charge is 0.255 e. The third-order valence-electron chi connectivity index (χ3n) is 6.40. The number of anilines is 2. The number of fused-ring (bicyclic) bond motifs is 5. The van der Waals surface area contributed by atoms with Crippen LogP contribution in [0.3, 0.4) is 0 Å². The van der Waals surface area contributed by atoms with Gasteiger partial charge in [0.15, 0.2) is 0 Å². The highest BCUT2D eigenvalue weighted by molar-refractivity contribution is 6.30. The van der Waals surface area contributed by atoms with Crippen molar-refractivity contribution in [3.05, 3.63) is 59.1 Å². The van der Waals surface area contributed by atoms with Crippen LogP contribution in [-0.4, -0.2) is 17.7 Å². The van der Waals surface area contributed by atoms with Crippen LogP contribution in [0.4, 0.5) is 11.4 Å². The molecule has 28 heavy (non-hydrogen) atoms. The lowest BCUT2D eigenvalue weighted by Crippen LogP contribution is -2.33. The molecule has 2 saturated carbocycles. The summed E-state index contributed by atoms with van der Waals surface area (Å²) in [7, 11) is 0. The fraction of sp³-hybridized carbons (Fsp3) is 0.318. The van der Waals surface area contributed by atoms with E-state index in [1.54, 1.807) is 48.5 Å². The van der Waals surface area contributed by atoms with E-state index in [2.05, 4.69) is 5.32 Å². The van der Waals surface area contributed by atoms with Gasteiger partial charge in [-0.25, -0.2) is 0 Å². The zero-order valence-corrected chi connectivity index (χ0v) is 15.9. The van der Waals surface area contributed by atoms with E-state index in [9.17, 15) is 14.4 Å². The van der Waals surface area contributed by atoms with Crippen molar-refractivity contribution in [2.75, 3.05) is 10.2 Å². The molecule has 1 N–H and O–H groups in total. The van der Waals surface area contributed by atoms with E-state index in [-0.39, 0.29) is 29.6 Å². The molecule has 142 valence electrons. The Kier molecular flexibility index (Phi) is 4.02. The van der Waals surface area contributed by atoms with Crippen LogP contribution in [0.25, 0.3) is 0 Å². The van der Waals surface area contributed by atoms with Crippen molar-refractivity contribution in [2.24, 2.45) is 23.7 Å². The molecule has 0 unspecified atom stereocenters. The highest BCUT2D eigenvalue weighted by Gasteiger charge is 2.61. The molecule has 3 fully saturated rings. The van der Waals surface area contributed by atoms with Gasteiger partial charge in [-0.05, 0) is 73.6 Å². The van der Waals surface area contributed by atoms with Crippen molar-refractivity contribution in [3.8, 4) is 0 Å². The van der Waals surface area contributed by atoms with Gasteiger partial charge in [0.05, 0.1) is 17.5 Å². The fourth-order valence-corrected chi connectivity index (χ4v) is 5.31. The summed E-state index contributed by atoms with van der Waals surface area (Å²) in [5, 5.41) is 3.39. The topological polar surface area (TPSA) is 66.5 Å². The standard InChI is InChI=1S/C22H19ClN2O3/c23-15-6-8-16(9-7-15)24-20(26)14-2-1-3-17(11-14)25-21(27)18-12-4-5-13(10-12)19(18)22(25)28/h1-3,6-9,11-13,18-19H,4-5,10H2,(H,24,26)/t12-,13-,18+,19+/m0/s1. The maximum absolute atomic E-state index is 13.0. The molecule has 4 atom stereocenters. The van der Waals surface area contributed by atoms with Crippen LogP contribution in [0, 0.1) is 23.7 Å². The van der Waals surface area contributed by atoms with Crippen molar-refractivity contribution in [1.29, 1.82) is 0 Å². The number of hydrogen-bond donors (Lipinski definition) is 1. The van der Waals surface area contributed by atoms with Crippen LogP contribution in [0.15, 0.2) is 48.5 Å². The van der Waals surface area contributed by atoms with Crippen molar-refractivity contribution in [1.82, 2.24) is 0 Å². The molecule has 6 heteroatoms. The van der Waals surface area contributed by atoms with Crippen LogP contribution in [0.1, 0.15) is 29.6 Å². The molecule has 2 aliphatic carbocycles. The Balaban J connectivity index is 1.40. The highest BCUT2D eigenvalue weighted by atomic mass is 35.5. The first-order valence-electron chi connectivity index (χ1n) is 9.58. The van der Waals surface area contributed by atoms with Gasteiger partial charge in [-0.2, -0.15) is 0 Å². The second-order valence-corrected chi connectivity index (χ2v) is 8.34. The zero-order chi connectivity index (χ0) is 19.4. The molecule has 1 saturated heterocycles. The summed E-state index contributed by atoms with van der Waals surface area (Å²) in [6, 6.07) is 13.5. The van der Waals surface area contributed by atoms with E-state index in [0.717, 1.165) is 19.3 Å². The van der Waals surface area contributed by atoms with Crippen LogP contribution >= 0.6 is 11.6 Å². The fourth-order valence-electron chi connectivity index (χ4n) is 5.19. The molecule has 0 radical (unpaired) electrons. The summed E-state index contributed by atoms with van der Waals surface area (Å²) in [4.78, 5) is 39.9. The Bertz CT molecular complexity index is 960. The largest absolute Gasteiger partial charge is 0.322 e. The average molecular weight is 395 g/mol. The number of imide groups is 1. The predicted octanol–water partition coefficient (Wildman–Crippen LogP) is 4.13. The van der Waals surface area contributed by atoms with E-state index in [1.807, 2.05) is 0 Å². The quantitative estimate of drug-likeness (QED) is 0.796. The van der Waals surface area contributed by atoms with E-state index in [4.69, 9.17) is 11.6 Å². The molecule has 0 aromatic heterocycles. The molecule has 2 aromatic carbocycles. The van der Waals surface area contributed by atoms with E-state index in [0.29, 0.717) is 33.8 Å². The number of carbonyl (C=O) groups excluding carboxylic acids is 3. The average Bonchev–Trinajstić information content (AvgIpc) is 3.37. The van der Waals surface area contributed by atoms with Gasteiger partial charge in [0, 0.05) is 16.3 Å². The van der Waals surface area contributed by atoms with E-state index < -0.39 is 0 Å². The number of nitrogens with zero attached hydrogens (tertiary/aromatic N) is 1. The number of rotatable bonds is 3. The second-order valence-electron chi connectivity index (χ2n) is 7.91. The maximum Gasteiger partial charge on any atom is 0.255 e. The van der Waals surface area contributed by atoms with E-state index in [1.165, 1.54) is 4.90 Å². The lowest BCUT2D eigenvalue weighted by atomic mass is 9.81. The molecule has 5 nitrogen and oxygen atoms in total. The van der Waals surface area contributed by atoms with Gasteiger partial charge in [-0.1, -0.05) is 17.7 Å². The van der Waals surface area contributed by atoms with Gasteiger partial charge in [-0.15, -0.1) is 0 Å². The summed E-state index contributed by atoms with van der Waals surface area (Å²) in [6.07, 6.45) is 3.09. The second kappa shape index (κ2) is 6.45. The Morgan fingerprint density at radius 2 is 1.61 bits per heavy atom. The van der Waals surface area contributed by atoms with Crippen molar-refractivity contribution in [3.63, 3.8) is 0 Å². The first kappa shape index (κ1) is 17.4. The van der Waals surface area contributed by atoms with Crippen molar-refractivity contribution >= 4 is 40.7 Å². The first-order valence-corrected chi connectivity index (χ1v) is 9.95. The summed E-state index contributed by atoms with van der Waals surface area (Å²) < 4.78 is 0. The Morgan fingerprint density at radius 1 is 0.964 bits per heavy atom. The summed E-state index contributed by atoms with van der Waals surface area (Å²) in [6.45, 7) is 0. The van der Waals surface area contributed by atoms with Crippen LogP contribution < -0.4 is 10.2 Å². The lowest BCUT2D eigenvalue weighted by Gasteiger charge is -2.19. The molecule has 1 heterocycles. The SMILES string of the molecule is O=C(Nc1ccc(Cl)cc1)c1cccc(N2C(=O)[C@@H]3[C@H]4CC[C@@H](C4)[C@H]3C2=O)c1. The summed E-state index contributed by atoms with van der Waals surface area (Å²) >= 11 is 5.87. The van der Waals surface area contributed by atoms with Crippen molar-refractivity contribution in [2.45, 2.75) is 19.3 Å². The van der Waals surface area contributed by atoms with Gasteiger partial charge in [0.2, 0.25) is 11.8 Å². The lowest BCUT2D eigenvalue weighted by molar-refractivity contribution is -0.123. The van der Waals surface area contributed by atoms with Crippen LogP contribution in [0.5, 0.6) is 0 Å². The Morgan fingerprint density at radius 3 is 2.25 bits per heavy atom. The van der Waals surface area contributed by atoms with Crippen LogP contribution in [0.2, 0.25) is 5.02 Å². The van der Waals surface area contributed by atoms with Gasteiger partial charge >= 0.3 is 0 Å². The number of amides is 3. The third kappa shape index (κ3) is 2.65. The molecular weight excluding hydrogens is 376 g/mol. The minimum atomic E-state index is -0.302. The third-order valence-corrected chi connectivity index (χ3v) is 6.65. The number of hydrogen-bond acceptors (Lipinski definition) is 3. The zero-order valence-electron chi connectivity index (χ0n) is 15.1. The molecule has 3 amide bonds. The minimum Gasteiger partial charge on any atom is -0.322 e. The van der Waals surface area contributed by atoms with Gasteiger partial charge in [0.1, 0.15) is 0 Å². The number of carbonyl (C=O) groups is 3. The molecule has 2 aromatic rings.